The smallest absolute Gasteiger partial charge is 0.299 e. The van der Waals surface area contributed by atoms with E-state index < -0.39 is 11.7 Å². The van der Waals surface area contributed by atoms with Crippen LogP contribution in [0, 0.1) is 0 Å². The Hall–Kier alpha value is -0.800. The van der Waals surface area contributed by atoms with Crippen LogP contribution in [0.1, 0.15) is 6.92 Å². The maximum absolute atomic E-state index is 11.4. The fourth-order valence-electron chi connectivity index (χ4n) is 0.197. The van der Waals surface area contributed by atoms with E-state index in [4.69, 9.17) is 0 Å². The molecule has 4 heteroatoms. The summed E-state index contributed by atoms with van der Waals surface area (Å²) in [5.41, 5.74) is -0.877. The van der Waals surface area contributed by atoms with Crippen LogP contribution in [0.5, 0.6) is 0 Å². The van der Waals surface area contributed by atoms with Crippen LogP contribution < -0.4 is 0 Å². The molecule has 0 aromatic rings. The summed E-state index contributed by atoms with van der Waals surface area (Å²) < 4.78 is 34.2. The van der Waals surface area contributed by atoms with Crippen molar-refractivity contribution in [1.82, 2.24) is 0 Å². The third-order valence-corrected chi connectivity index (χ3v) is 0.765. The molecular weight excluding hydrogens is 133 g/mol. The lowest BCUT2D eigenvalue weighted by atomic mass is 10.3. The first kappa shape index (κ1) is 8.20. The molecule has 0 N–H and O–H groups in total. The van der Waals surface area contributed by atoms with Crippen LogP contribution in [0.15, 0.2) is 11.6 Å². The number of alkyl halides is 3. The van der Waals surface area contributed by atoms with Crippen molar-refractivity contribution >= 4 is 6.29 Å². The number of allylic oxidation sites excluding steroid dienone is 2. The Morgan fingerprint density at radius 2 is 1.89 bits per heavy atom. The van der Waals surface area contributed by atoms with Gasteiger partial charge in [0.1, 0.15) is 6.29 Å². The van der Waals surface area contributed by atoms with E-state index in [1.165, 1.54) is 0 Å². The molecule has 0 atom stereocenters. The largest absolute Gasteiger partial charge is 0.412 e. The second kappa shape index (κ2) is 2.66. The van der Waals surface area contributed by atoms with Crippen molar-refractivity contribution in [1.29, 1.82) is 0 Å². The van der Waals surface area contributed by atoms with Gasteiger partial charge in [-0.25, -0.2) is 0 Å². The van der Waals surface area contributed by atoms with Crippen LogP contribution >= 0.6 is 0 Å². The maximum Gasteiger partial charge on any atom is 0.412 e. The van der Waals surface area contributed by atoms with Gasteiger partial charge in [-0.05, 0) is 13.0 Å². The third-order valence-electron chi connectivity index (χ3n) is 0.765. The van der Waals surface area contributed by atoms with Crippen molar-refractivity contribution in [2.75, 3.05) is 0 Å². The van der Waals surface area contributed by atoms with Crippen LogP contribution in [-0.2, 0) is 4.79 Å². The van der Waals surface area contributed by atoms with Crippen molar-refractivity contribution < 1.29 is 18.0 Å². The summed E-state index contributed by atoms with van der Waals surface area (Å²) in [7, 11) is 0. The van der Waals surface area contributed by atoms with E-state index in [0.717, 1.165) is 6.92 Å². The van der Waals surface area contributed by atoms with Gasteiger partial charge in [-0.15, -0.1) is 0 Å². The Bertz CT molecular complexity index is 134. The number of rotatable bonds is 1. The molecule has 0 aromatic carbocycles. The zero-order valence-corrected chi connectivity index (χ0v) is 4.70. The van der Waals surface area contributed by atoms with Gasteiger partial charge in [-0.2, -0.15) is 13.2 Å². The minimum absolute atomic E-state index is 0.114. The first-order valence-electron chi connectivity index (χ1n) is 2.17. The van der Waals surface area contributed by atoms with E-state index in [0.29, 0.717) is 6.08 Å². The van der Waals surface area contributed by atoms with Crippen LogP contribution in [0.4, 0.5) is 13.2 Å². The highest BCUT2D eigenvalue weighted by Crippen LogP contribution is 2.23. The molecule has 0 radical (unpaired) electrons. The summed E-state index contributed by atoms with van der Waals surface area (Å²) in [6.07, 6.45) is -3.76. The van der Waals surface area contributed by atoms with Gasteiger partial charge in [0.2, 0.25) is 0 Å². The lowest BCUT2D eigenvalue weighted by Gasteiger charge is -2.02. The van der Waals surface area contributed by atoms with Crippen molar-refractivity contribution in [3.05, 3.63) is 11.6 Å². The molecule has 52 valence electrons. The predicted molar refractivity (Wildman–Crippen MR) is 25.9 cm³/mol. The number of aldehydes is 1. The van der Waals surface area contributed by atoms with Crippen LogP contribution in [0.2, 0.25) is 0 Å². The summed E-state index contributed by atoms with van der Waals surface area (Å²) in [4.78, 5) is 9.49. The predicted octanol–water partition coefficient (Wildman–Crippen LogP) is 1.69. The highest BCUT2D eigenvalue weighted by molar-refractivity contribution is 5.66. The van der Waals surface area contributed by atoms with Gasteiger partial charge in [0.05, 0.1) is 0 Å². The molecule has 0 aliphatic carbocycles. The lowest BCUT2D eigenvalue weighted by molar-refractivity contribution is -0.106. The van der Waals surface area contributed by atoms with Gasteiger partial charge in [-0.3, -0.25) is 4.79 Å². The molecule has 0 saturated heterocycles. The van der Waals surface area contributed by atoms with Crippen molar-refractivity contribution in [3.8, 4) is 0 Å². The quantitative estimate of drug-likeness (QED) is 0.398. The zero-order valence-electron chi connectivity index (χ0n) is 4.70. The normalized spacial score (nSPS) is 13.6. The van der Waals surface area contributed by atoms with E-state index in [1.807, 2.05) is 0 Å². The van der Waals surface area contributed by atoms with Crippen LogP contribution in [0.3, 0.4) is 0 Å². The average molecular weight is 138 g/mol. The molecule has 0 aliphatic heterocycles. The Balaban J connectivity index is 4.19. The van der Waals surface area contributed by atoms with Crippen molar-refractivity contribution in [2.45, 2.75) is 13.1 Å². The Morgan fingerprint density at radius 3 is 2.00 bits per heavy atom. The molecule has 0 rings (SSSR count). The zero-order chi connectivity index (χ0) is 7.49. The average Bonchev–Trinajstić information content (AvgIpc) is 1.64. The summed E-state index contributed by atoms with van der Waals surface area (Å²) >= 11 is 0. The lowest BCUT2D eigenvalue weighted by Crippen LogP contribution is -2.08. The molecule has 0 aliphatic rings. The molecule has 1 nitrogen and oxygen atoms in total. The van der Waals surface area contributed by atoms with E-state index in [9.17, 15) is 18.0 Å². The fourth-order valence-corrected chi connectivity index (χ4v) is 0.197. The van der Waals surface area contributed by atoms with Gasteiger partial charge in [0.15, 0.2) is 0 Å². The molecular formula is C5H5F3O. The third kappa shape index (κ3) is 2.90. The number of hydrogen-bond acceptors (Lipinski definition) is 1. The minimum Gasteiger partial charge on any atom is -0.299 e. The van der Waals surface area contributed by atoms with Gasteiger partial charge in [-0.1, -0.05) is 0 Å². The molecule has 0 spiro atoms. The molecule has 0 fully saturated rings. The first-order chi connectivity index (χ1) is 3.98. The SMILES string of the molecule is C/C(=C\C=O)C(F)(F)F. The van der Waals surface area contributed by atoms with Gasteiger partial charge in [0, 0.05) is 5.57 Å². The highest BCUT2D eigenvalue weighted by Gasteiger charge is 2.29. The Morgan fingerprint density at radius 1 is 1.44 bits per heavy atom. The monoisotopic (exact) mass is 138 g/mol. The Labute approximate surface area is 50.2 Å². The Kier molecular flexibility index (Phi) is 2.42. The molecule has 0 heterocycles. The minimum atomic E-state index is -4.36. The fraction of sp³-hybridized carbons (Fsp3) is 0.400. The molecule has 0 bridgehead atoms. The number of carbonyl (C=O) groups excluding carboxylic acids is 1. The molecule has 0 aromatic heterocycles. The van der Waals surface area contributed by atoms with Gasteiger partial charge < -0.3 is 0 Å². The van der Waals surface area contributed by atoms with Crippen LogP contribution in [-0.4, -0.2) is 12.5 Å². The first-order valence-corrected chi connectivity index (χ1v) is 2.17. The van der Waals surface area contributed by atoms with Crippen LogP contribution in [0.25, 0.3) is 0 Å². The molecule has 0 unspecified atom stereocenters. The number of carbonyl (C=O) groups is 1. The second-order valence-corrected chi connectivity index (χ2v) is 1.48. The van der Waals surface area contributed by atoms with Gasteiger partial charge >= 0.3 is 6.18 Å². The van der Waals surface area contributed by atoms with Crippen molar-refractivity contribution in [3.63, 3.8) is 0 Å². The number of hydrogen-bond donors (Lipinski definition) is 0. The second-order valence-electron chi connectivity index (χ2n) is 1.48. The number of halogens is 3. The topological polar surface area (TPSA) is 17.1 Å². The van der Waals surface area contributed by atoms with Crippen molar-refractivity contribution in [2.24, 2.45) is 0 Å². The summed E-state index contributed by atoms with van der Waals surface area (Å²) in [6.45, 7) is 0.842. The van der Waals surface area contributed by atoms with Gasteiger partial charge in [0.25, 0.3) is 0 Å². The molecule has 9 heavy (non-hydrogen) atoms. The summed E-state index contributed by atoms with van der Waals surface area (Å²) in [5, 5.41) is 0. The van der Waals surface area contributed by atoms with E-state index in [1.54, 1.807) is 0 Å². The molecule has 0 amide bonds. The molecule has 0 saturated carbocycles. The maximum atomic E-state index is 11.4. The highest BCUT2D eigenvalue weighted by atomic mass is 19.4. The van der Waals surface area contributed by atoms with E-state index >= 15 is 0 Å². The standard InChI is InChI=1S/C5H5F3O/c1-4(2-3-9)5(6,7)8/h2-3H,1H3/b4-2+. The van der Waals surface area contributed by atoms with E-state index in [-0.39, 0.29) is 6.29 Å². The van der Waals surface area contributed by atoms with E-state index in [2.05, 4.69) is 0 Å². The summed E-state index contributed by atoms with van der Waals surface area (Å²) in [5.74, 6) is 0. The summed E-state index contributed by atoms with van der Waals surface area (Å²) in [6, 6.07) is 0.